The summed E-state index contributed by atoms with van der Waals surface area (Å²) in [6, 6.07) is 0. The summed E-state index contributed by atoms with van der Waals surface area (Å²) in [4.78, 5) is 10.9. The molecule has 0 aromatic rings. The lowest BCUT2D eigenvalue weighted by atomic mass is 9.66. The molecule has 1 aliphatic rings. The van der Waals surface area contributed by atoms with Gasteiger partial charge in [0.25, 0.3) is 0 Å². The molecule has 0 aromatic carbocycles. The van der Waals surface area contributed by atoms with E-state index >= 15 is 0 Å². The van der Waals surface area contributed by atoms with Crippen molar-refractivity contribution in [1.82, 2.24) is 0 Å². The van der Waals surface area contributed by atoms with Crippen LogP contribution >= 0.6 is 0 Å². The van der Waals surface area contributed by atoms with Gasteiger partial charge in [-0.05, 0) is 36.7 Å². The smallest absolute Gasteiger partial charge is 0.302 e. The zero-order valence-electron chi connectivity index (χ0n) is 10.7. The number of hydrogen-bond donors (Lipinski definition) is 1. The minimum atomic E-state index is -0.248. The molecule has 0 fully saturated rings. The van der Waals surface area contributed by atoms with E-state index in [2.05, 4.69) is 20.8 Å². The topological polar surface area (TPSA) is 46.5 Å². The lowest BCUT2D eigenvalue weighted by Crippen LogP contribution is -2.35. The first-order valence-electron chi connectivity index (χ1n) is 5.83. The summed E-state index contributed by atoms with van der Waals surface area (Å²) < 4.78 is 5.10. The number of rotatable bonds is 3. The van der Waals surface area contributed by atoms with E-state index in [0.717, 1.165) is 12.8 Å². The summed E-state index contributed by atoms with van der Waals surface area (Å²) in [5.41, 5.74) is 2.40. The van der Waals surface area contributed by atoms with Crippen molar-refractivity contribution >= 4 is 5.97 Å². The standard InChI is InChI=1S/C13H22O3/c1-9-5-6-11(7-14)13(3,4)12(9)8-16-10(2)15/h11,14H,5-8H2,1-4H3. The van der Waals surface area contributed by atoms with Crippen LogP contribution in [-0.4, -0.2) is 24.3 Å². The van der Waals surface area contributed by atoms with Crippen LogP contribution in [0.5, 0.6) is 0 Å². The first-order chi connectivity index (χ1) is 7.39. The number of ether oxygens (including phenoxy) is 1. The van der Waals surface area contributed by atoms with Gasteiger partial charge >= 0.3 is 5.97 Å². The van der Waals surface area contributed by atoms with Crippen molar-refractivity contribution < 1.29 is 14.6 Å². The Morgan fingerprint density at radius 1 is 1.56 bits per heavy atom. The van der Waals surface area contributed by atoms with Gasteiger partial charge < -0.3 is 9.84 Å². The molecule has 3 nitrogen and oxygen atoms in total. The molecule has 0 amide bonds. The van der Waals surface area contributed by atoms with Gasteiger partial charge in [-0.25, -0.2) is 0 Å². The summed E-state index contributed by atoms with van der Waals surface area (Å²) in [5.74, 6) is 0.0176. The van der Waals surface area contributed by atoms with Gasteiger partial charge in [0.1, 0.15) is 6.61 Å². The predicted molar refractivity (Wildman–Crippen MR) is 62.9 cm³/mol. The lowest BCUT2D eigenvalue weighted by molar-refractivity contribution is -0.140. The third-order valence-electron chi connectivity index (χ3n) is 3.82. The molecule has 16 heavy (non-hydrogen) atoms. The Bertz CT molecular complexity index is 302. The van der Waals surface area contributed by atoms with Crippen LogP contribution in [0.25, 0.3) is 0 Å². The number of aliphatic hydroxyl groups excluding tert-OH is 1. The Kier molecular flexibility index (Phi) is 4.14. The van der Waals surface area contributed by atoms with E-state index in [1.54, 1.807) is 0 Å². The summed E-state index contributed by atoms with van der Waals surface area (Å²) in [6.45, 7) is 8.32. The van der Waals surface area contributed by atoms with E-state index in [4.69, 9.17) is 4.74 Å². The van der Waals surface area contributed by atoms with Crippen molar-refractivity contribution in [3.05, 3.63) is 11.1 Å². The van der Waals surface area contributed by atoms with Gasteiger partial charge in [-0.2, -0.15) is 0 Å². The molecule has 92 valence electrons. The molecular formula is C13H22O3. The van der Waals surface area contributed by atoms with Crippen molar-refractivity contribution in [2.45, 2.75) is 40.5 Å². The number of aliphatic hydroxyl groups is 1. The molecule has 1 atom stereocenters. The lowest BCUT2D eigenvalue weighted by Gasteiger charge is -2.40. The molecular weight excluding hydrogens is 204 g/mol. The molecule has 0 bridgehead atoms. The zero-order valence-corrected chi connectivity index (χ0v) is 10.7. The second-order valence-corrected chi connectivity index (χ2v) is 5.18. The third-order valence-corrected chi connectivity index (χ3v) is 3.82. The van der Waals surface area contributed by atoms with Crippen LogP contribution in [0.3, 0.4) is 0 Å². The number of hydrogen-bond acceptors (Lipinski definition) is 3. The number of carbonyl (C=O) groups excluding carboxylic acids is 1. The van der Waals surface area contributed by atoms with Crippen molar-refractivity contribution in [2.75, 3.05) is 13.2 Å². The van der Waals surface area contributed by atoms with Crippen molar-refractivity contribution in [1.29, 1.82) is 0 Å². The van der Waals surface area contributed by atoms with Crippen LogP contribution in [0.2, 0.25) is 0 Å². The van der Waals surface area contributed by atoms with Crippen molar-refractivity contribution in [2.24, 2.45) is 11.3 Å². The molecule has 0 saturated heterocycles. The van der Waals surface area contributed by atoms with Gasteiger partial charge in [0.15, 0.2) is 0 Å². The molecule has 1 rings (SSSR count). The molecule has 1 unspecified atom stereocenters. The largest absolute Gasteiger partial charge is 0.461 e. The average Bonchev–Trinajstić information content (AvgIpc) is 2.16. The SMILES string of the molecule is CC(=O)OCC1=C(C)CCC(CO)C1(C)C. The van der Waals surface area contributed by atoms with E-state index in [1.807, 2.05) is 0 Å². The molecule has 1 aliphatic carbocycles. The Balaban J connectivity index is 2.87. The highest BCUT2D eigenvalue weighted by molar-refractivity contribution is 5.66. The minimum Gasteiger partial charge on any atom is -0.461 e. The van der Waals surface area contributed by atoms with E-state index in [-0.39, 0.29) is 23.9 Å². The highest BCUT2D eigenvalue weighted by Gasteiger charge is 2.37. The molecule has 3 heteroatoms. The quantitative estimate of drug-likeness (QED) is 0.593. The first-order valence-corrected chi connectivity index (χ1v) is 5.83. The third kappa shape index (κ3) is 2.64. The predicted octanol–water partition coefficient (Wildman–Crippen LogP) is 2.29. The molecule has 0 radical (unpaired) electrons. The maximum absolute atomic E-state index is 10.9. The van der Waals surface area contributed by atoms with Gasteiger partial charge in [-0.15, -0.1) is 0 Å². The van der Waals surface area contributed by atoms with Crippen LogP contribution in [0.4, 0.5) is 0 Å². The van der Waals surface area contributed by atoms with E-state index < -0.39 is 0 Å². The number of esters is 1. The van der Waals surface area contributed by atoms with Crippen molar-refractivity contribution in [3.63, 3.8) is 0 Å². The fourth-order valence-electron chi connectivity index (χ4n) is 2.50. The van der Waals surface area contributed by atoms with Gasteiger partial charge in [-0.1, -0.05) is 19.4 Å². The summed E-state index contributed by atoms with van der Waals surface area (Å²) >= 11 is 0. The summed E-state index contributed by atoms with van der Waals surface area (Å²) in [6.07, 6.45) is 2.00. The van der Waals surface area contributed by atoms with Crippen LogP contribution in [0, 0.1) is 11.3 Å². The van der Waals surface area contributed by atoms with Crippen LogP contribution < -0.4 is 0 Å². The maximum Gasteiger partial charge on any atom is 0.302 e. The van der Waals surface area contributed by atoms with Crippen LogP contribution in [0.15, 0.2) is 11.1 Å². The second kappa shape index (κ2) is 5.00. The fraction of sp³-hybridized carbons (Fsp3) is 0.769. The molecule has 0 aromatic heterocycles. The van der Waals surface area contributed by atoms with E-state index in [9.17, 15) is 9.90 Å². The summed E-state index contributed by atoms with van der Waals surface area (Å²) in [7, 11) is 0. The summed E-state index contributed by atoms with van der Waals surface area (Å²) in [5, 5.41) is 9.38. The molecule has 0 saturated carbocycles. The fourth-order valence-corrected chi connectivity index (χ4v) is 2.50. The van der Waals surface area contributed by atoms with Crippen LogP contribution in [0.1, 0.15) is 40.5 Å². The number of carbonyl (C=O) groups is 1. The Hall–Kier alpha value is -0.830. The normalized spacial score (nSPS) is 24.4. The molecule has 0 heterocycles. The molecule has 1 N–H and O–H groups in total. The van der Waals surface area contributed by atoms with E-state index in [0.29, 0.717) is 6.61 Å². The van der Waals surface area contributed by atoms with Gasteiger partial charge in [0, 0.05) is 13.5 Å². The van der Waals surface area contributed by atoms with Crippen molar-refractivity contribution in [3.8, 4) is 0 Å². The zero-order chi connectivity index (χ0) is 12.3. The molecule has 0 spiro atoms. The minimum absolute atomic E-state index is 0.0769. The Morgan fingerprint density at radius 2 is 2.19 bits per heavy atom. The van der Waals surface area contributed by atoms with Gasteiger partial charge in [-0.3, -0.25) is 4.79 Å². The van der Waals surface area contributed by atoms with E-state index in [1.165, 1.54) is 18.1 Å². The van der Waals surface area contributed by atoms with Crippen LogP contribution in [-0.2, 0) is 9.53 Å². The average molecular weight is 226 g/mol. The molecule has 0 aliphatic heterocycles. The first kappa shape index (κ1) is 13.2. The Labute approximate surface area is 97.5 Å². The number of allylic oxidation sites excluding steroid dienone is 1. The second-order valence-electron chi connectivity index (χ2n) is 5.18. The highest BCUT2D eigenvalue weighted by atomic mass is 16.5. The van der Waals surface area contributed by atoms with Gasteiger partial charge in [0.05, 0.1) is 0 Å². The maximum atomic E-state index is 10.9. The van der Waals surface area contributed by atoms with Gasteiger partial charge in [0.2, 0.25) is 0 Å². The Morgan fingerprint density at radius 3 is 2.69 bits per heavy atom. The monoisotopic (exact) mass is 226 g/mol. The highest BCUT2D eigenvalue weighted by Crippen LogP contribution is 2.44.